The lowest BCUT2D eigenvalue weighted by molar-refractivity contribution is 0.0945. The molecule has 0 fully saturated rings. The fourth-order valence-electron chi connectivity index (χ4n) is 2.63. The lowest BCUT2D eigenvalue weighted by atomic mass is 10.1. The van der Waals surface area contributed by atoms with Gasteiger partial charge in [0, 0.05) is 18.9 Å². The molecule has 0 aliphatic heterocycles. The van der Waals surface area contributed by atoms with Gasteiger partial charge in [-0.1, -0.05) is 12.1 Å². The van der Waals surface area contributed by atoms with Gasteiger partial charge in [-0.25, -0.2) is 14.4 Å². The van der Waals surface area contributed by atoms with Gasteiger partial charge >= 0.3 is 0 Å². The molecule has 3 rings (SSSR count). The molecule has 0 aliphatic rings. The number of carbonyl (C=O) groups excluding carboxylic acids is 2. The summed E-state index contributed by atoms with van der Waals surface area (Å²) in [5.41, 5.74) is 1.60. The van der Waals surface area contributed by atoms with Gasteiger partial charge < -0.3 is 10.1 Å². The lowest BCUT2D eigenvalue weighted by Gasteiger charge is -2.08. The molecule has 2 aromatic heterocycles. The molecule has 0 saturated carbocycles. The molecule has 1 amide bonds. The van der Waals surface area contributed by atoms with Crippen molar-refractivity contribution in [2.45, 2.75) is 13.5 Å². The number of nitrogens with zero attached hydrogens (tertiary/aromatic N) is 3. The van der Waals surface area contributed by atoms with Crippen LogP contribution in [0.3, 0.4) is 0 Å². The third-order valence-electron chi connectivity index (χ3n) is 4.10. The van der Waals surface area contributed by atoms with E-state index in [-0.39, 0.29) is 29.5 Å². The number of pyridine rings is 1. The van der Waals surface area contributed by atoms with Crippen molar-refractivity contribution in [1.29, 1.82) is 0 Å². The van der Waals surface area contributed by atoms with Crippen molar-refractivity contribution in [2.24, 2.45) is 0 Å². The van der Waals surface area contributed by atoms with Gasteiger partial charge in [-0.05, 0) is 54.5 Å². The molecule has 0 radical (unpaired) electrons. The third-order valence-corrected chi connectivity index (χ3v) is 4.10. The number of amides is 1. The predicted octanol–water partition coefficient (Wildman–Crippen LogP) is 3.15. The van der Waals surface area contributed by atoms with Crippen LogP contribution in [0.4, 0.5) is 4.39 Å². The summed E-state index contributed by atoms with van der Waals surface area (Å²) in [6, 6.07) is 9.22. The molecule has 0 unspecified atom stereocenters. The number of aryl methyl sites for hydroxylation is 1. The van der Waals surface area contributed by atoms with E-state index in [0.29, 0.717) is 11.4 Å². The number of ketones is 1. The van der Waals surface area contributed by atoms with E-state index in [2.05, 4.69) is 20.3 Å². The van der Waals surface area contributed by atoms with E-state index < -0.39 is 11.7 Å². The molecule has 3 aromatic rings. The smallest absolute Gasteiger partial charge is 0.270 e. The third kappa shape index (κ3) is 5.32. The van der Waals surface area contributed by atoms with Gasteiger partial charge in [-0.2, -0.15) is 0 Å². The van der Waals surface area contributed by atoms with Crippen molar-refractivity contribution in [2.75, 3.05) is 7.11 Å². The van der Waals surface area contributed by atoms with Gasteiger partial charge in [-0.3, -0.25) is 14.6 Å². The summed E-state index contributed by atoms with van der Waals surface area (Å²) >= 11 is 0. The Hall–Kier alpha value is -3.94. The van der Waals surface area contributed by atoms with Crippen LogP contribution in [0.2, 0.25) is 0 Å². The van der Waals surface area contributed by atoms with E-state index in [0.717, 1.165) is 5.56 Å². The van der Waals surface area contributed by atoms with E-state index >= 15 is 0 Å². The summed E-state index contributed by atoms with van der Waals surface area (Å²) < 4.78 is 18.4. The Kier molecular flexibility index (Phi) is 6.59. The molecule has 152 valence electrons. The number of carbonyl (C=O) groups is 2. The Morgan fingerprint density at radius 2 is 1.97 bits per heavy atom. The maximum absolute atomic E-state index is 13.5. The highest BCUT2D eigenvalue weighted by molar-refractivity contribution is 6.06. The highest BCUT2D eigenvalue weighted by atomic mass is 19.1. The van der Waals surface area contributed by atoms with Crippen LogP contribution in [-0.2, 0) is 6.54 Å². The van der Waals surface area contributed by atoms with Crippen molar-refractivity contribution in [3.05, 3.63) is 89.0 Å². The number of ether oxygens (including phenoxy) is 1. The number of nitrogens with one attached hydrogen (secondary N) is 1. The number of hydrogen-bond donors (Lipinski definition) is 1. The molecule has 8 heteroatoms. The Morgan fingerprint density at radius 1 is 1.17 bits per heavy atom. The Labute approximate surface area is 172 Å². The van der Waals surface area contributed by atoms with Crippen molar-refractivity contribution in [3.63, 3.8) is 0 Å². The van der Waals surface area contributed by atoms with Crippen molar-refractivity contribution >= 4 is 17.8 Å². The number of benzene rings is 1. The summed E-state index contributed by atoms with van der Waals surface area (Å²) in [6.07, 6.45) is 6.25. The summed E-state index contributed by atoms with van der Waals surface area (Å²) in [5, 5.41) is 2.69. The Bertz CT molecular complexity index is 1100. The van der Waals surface area contributed by atoms with Gasteiger partial charge in [0.1, 0.15) is 17.2 Å². The monoisotopic (exact) mass is 406 g/mol. The second-order valence-electron chi connectivity index (χ2n) is 6.32. The summed E-state index contributed by atoms with van der Waals surface area (Å²) in [7, 11) is 1.37. The molecule has 2 heterocycles. The Balaban J connectivity index is 1.71. The number of aromatic nitrogens is 3. The maximum atomic E-state index is 13.5. The van der Waals surface area contributed by atoms with E-state index in [4.69, 9.17) is 4.74 Å². The van der Waals surface area contributed by atoms with Crippen LogP contribution in [0.25, 0.3) is 6.08 Å². The molecule has 0 atom stereocenters. The van der Waals surface area contributed by atoms with Crippen LogP contribution in [0.15, 0.2) is 54.9 Å². The van der Waals surface area contributed by atoms with Crippen LogP contribution >= 0.6 is 0 Å². The van der Waals surface area contributed by atoms with Gasteiger partial charge in [0.05, 0.1) is 7.11 Å². The average molecular weight is 406 g/mol. The summed E-state index contributed by atoms with van der Waals surface area (Å²) in [5.74, 6) is -0.936. The normalized spacial score (nSPS) is 10.8. The van der Waals surface area contributed by atoms with Crippen LogP contribution in [0.5, 0.6) is 5.75 Å². The first-order chi connectivity index (χ1) is 14.5. The first kappa shape index (κ1) is 20.8. The van der Waals surface area contributed by atoms with E-state index in [1.165, 1.54) is 31.4 Å². The number of hydrogen-bond acceptors (Lipinski definition) is 6. The SMILES string of the molecule is COc1cc(CNC(=O)c2cc(C(=O)/C=C/c3cccnc3)nc(C)n2)ccc1F. The number of rotatable bonds is 7. The highest BCUT2D eigenvalue weighted by Gasteiger charge is 2.14. The van der Waals surface area contributed by atoms with Crippen molar-refractivity contribution in [3.8, 4) is 5.75 Å². The molecule has 7 nitrogen and oxygen atoms in total. The van der Waals surface area contributed by atoms with Crippen LogP contribution in [0.1, 0.15) is 37.9 Å². The van der Waals surface area contributed by atoms with Crippen LogP contribution in [-0.4, -0.2) is 33.8 Å². The van der Waals surface area contributed by atoms with Crippen LogP contribution < -0.4 is 10.1 Å². The van der Waals surface area contributed by atoms with Gasteiger partial charge in [-0.15, -0.1) is 0 Å². The van der Waals surface area contributed by atoms with Crippen LogP contribution in [0, 0.1) is 12.7 Å². The summed E-state index contributed by atoms with van der Waals surface area (Å²) in [6.45, 7) is 1.74. The molecule has 1 N–H and O–H groups in total. The first-order valence-corrected chi connectivity index (χ1v) is 9.05. The molecular weight excluding hydrogens is 387 g/mol. The maximum Gasteiger partial charge on any atom is 0.270 e. The molecular formula is C22H19FN4O3. The molecule has 0 aliphatic carbocycles. The van der Waals surface area contributed by atoms with Crippen molar-refractivity contribution < 1.29 is 18.7 Å². The summed E-state index contributed by atoms with van der Waals surface area (Å²) in [4.78, 5) is 37.1. The largest absolute Gasteiger partial charge is 0.494 e. The zero-order valence-electron chi connectivity index (χ0n) is 16.4. The van der Waals surface area contributed by atoms with Gasteiger partial charge in [0.2, 0.25) is 5.78 Å². The zero-order chi connectivity index (χ0) is 21.5. The highest BCUT2D eigenvalue weighted by Crippen LogP contribution is 2.18. The quantitative estimate of drug-likeness (QED) is 0.479. The number of allylic oxidation sites excluding steroid dienone is 1. The van der Waals surface area contributed by atoms with E-state index in [9.17, 15) is 14.0 Å². The predicted molar refractivity (Wildman–Crippen MR) is 108 cm³/mol. The second kappa shape index (κ2) is 9.51. The molecule has 0 spiro atoms. The number of halogens is 1. The van der Waals surface area contributed by atoms with Crippen molar-refractivity contribution in [1.82, 2.24) is 20.3 Å². The minimum absolute atomic E-state index is 0.0645. The second-order valence-corrected chi connectivity index (χ2v) is 6.32. The topological polar surface area (TPSA) is 94.1 Å². The minimum atomic E-state index is -0.485. The molecule has 1 aromatic carbocycles. The minimum Gasteiger partial charge on any atom is -0.494 e. The van der Waals surface area contributed by atoms with Gasteiger partial charge in [0.15, 0.2) is 11.6 Å². The molecule has 0 bridgehead atoms. The average Bonchev–Trinajstić information content (AvgIpc) is 2.76. The molecule has 30 heavy (non-hydrogen) atoms. The first-order valence-electron chi connectivity index (χ1n) is 9.05. The fourth-order valence-corrected chi connectivity index (χ4v) is 2.63. The standard InChI is InChI=1S/C22H19FN4O3/c1-14-26-18(20(28)8-6-15-4-3-9-24-12-15)11-19(27-14)22(29)25-13-16-5-7-17(23)21(10-16)30-2/h3-12H,13H2,1-2H3,(H,25,29)/b8-6+. The van der Waals surface area contributed by atoms with E-state index in [1.54, 1.807) is 37.5 Å². The van der Waals surface area contributed by atoms with Gasteiger partial charge in [0.25, 0.3) is 5.91 Å². The number of methoxy groups -OCH3 is 1. The fraction of sp³-hybridized carbons (Fsp3) is 0.136. The zero-order valence-corrected chi connectivity index (χ0v) is 16.4. The lowest BCUT2D eigenvalue weighted by Crippen LogP contribution is -2.25. The molecule has 0 saturated heterocycles. The Morgan fingerprint density at radius 3 is 2.70 bits per heavy atom. The van der Waals surface area contributed by atoms with E-state index in [1.807, 2.05) is 6.07 Å².